The molecule has 0 radical (unpaired) electrons. The van der Waals surface area contributed by atoms with Crippen molar-refractivity contribution in [1.29, 1.82) is 0 Å². The van der Waals surface area contributed by atoms with Crippen molar-refractivity contribution >= 4 is 40.5 Å². The molecule has 0 saturated heterocycles. The Morgan fingerprint density at radius 1 is 0.239 bits per heavy atom. The highest BCUT2D eigenvalue weighted by Gasteiger charge is 2.39. The van der Waals surface area contributed by atoms with Gasteiger partial charge >= 0.3 is 0 Å². The van der Waals surface area contributed by atoms with Crippen LogP contribution in [0.4, 0.5) is 0 Å². The van der Waals surface area contributed by atoms with Crippen molar-refractivity contribution < 1.29 is 92.7 Å². The Hall–Kier alpha value is -5.08. The van der Waals surface area contributed by atoms with Crippen LogP contribution in [0.25, 0.3) is 0 Å². The molecular weight excluding hydrogens is 1260 g/mol. The molecule has 4 aromatic carbocycles. The van der Waals surface area contributed by atoms with E-state index in [1.165, 1.54) is 24.3 Å². The fourth-order valence-electron chi connectivity index (χ4n) is 13.6. The predicted octanol–water partition coefficient (Wildman–Crippen LogP) is 16.3. The Bertz CT molecular complexity index is 2950. The Kier molecular flexibility index (Phi) is 30.5. The summed E-state index contributed by atoms with van der Waals surface area (Å²) in [4.78, 5) is 0. The van der Waals surface area contributed by atoms with Gasteiger partial charge in [0.15, 0.2) is 0 Å². The second-order valence-corrected chi connectivity index (χ2v) is 31.5. The highest BCUT2D eigenvalue weighted by atomic mass is 32.2. The molecule has 0 unspecified atom stereocenters. The maximum Gasteiger partial charge on any atom is 0.269 e. The van der Waals surface area contributed by atoms with Gasteiger partial charge in [0.25, 0.3) is 40.5 Å². The first kappa shape index (κ1) is 77.6. The summed E-state index contributed by atoms with van der Waals surface area (Å²) in [5.74, 6) is -18.4. The second-order valence-electron chi connectivity index (χ2n) is 25.7. The van der Waals surface area contributed by atoms with Gasteiger partial charge in [0.1, 0.15) is 69.0 Å². The number of unbranched alkanes of at least 4 members (excludes halogenated alkanes) is 24. The molecule has 4 aromatic rings. The Morgan fingerprint density at radius 3 is 0.500 bits per heavy atom. The van der Waals surface area contributed by atoms with Crippen LogP contribution in [0.3, 0.4) is 0 Å². The lowest BCUT2D eigenvalue weighted by atomic mass is 9.74. The van der Waals surface area contributed by atoms with Crippen LogP contribution in [0.5, 0.6) is 46.0 Å². The fourth-order valence-corrected chi connectivity index (χ4v) is 16.2. The quantitative estimate of drug-likeness (QED) is 0.0145. The van der Waals surface area contributed by atoms with E-state index in [0.29, 0.717) is 77.0 Å². The van der Waals surface area contributed by atoms with Gasteiger partial charge in [-0.2, -0.15) is 33.7 Å². The van der Waals surface area contributed by atoms with E-state index in [9.17, 15) is 92.7 Å². The molecule has 0 aliphatic heterocycles. The molecule has 24 heteroatoms. The van der Waals surface area contributed by atoms with Crippen LogP contribution >= 0.6 is 0 Å². The summed E-state index contributed by atoms with van der Waals surface area (Å²) in [6, 6.07) is 5.27. The Labute approximate surface area is 547 Å². The molecule has 0 amide bonds. The van der Waals surface area contributed by atoms with E-state index in [-0.39, 0.29) is 70.2 Å². The van der Waals surface area contributed by atoms with Crippen molar-refractivity contribution in [3.63, 3.8) is 0 Å². The minimum Gasteiger partial charge on any atom is -0.507 e. The van der Waals surface area contributed by atoms with Crippen LogP contribution in [0.1, 0.15) is 324 Å². The third-order valence-corrected chi connectivity index (χ3v) is 21.0. The minimum atomic E-state index is -5.18. The van der Waals surface area contributed by atoms with E-state index in [4.69, 9.17) is 0 Å². The summed E-state index contributed by atoms with van der Waals surface area (Å²) >= 11 is 0. The standard InChI is InChI=1S/C68H104O20S4/c1-5-9-13-17-21-25-29-33-45-49-37-51(63(71)57(61(49)69)41-89(77,78)79)46(34-30-26-22-18-14-10-6-2)53-39-55(67(75)59(65(53)73)43-91(83,84)85)48(36-32-28-24-20-16-12-8-4)56-40-54(66(74)60(68(56)76)44-92(86,87)88)47(35-31-27-23-19-15-11-7-3)52-38-50(45)62(70)58(64(52)72)42-90(80,81)82/h37-40,45-48,69-76H,5-36,41-44H2,1-4H3,(H,77,78,79)(H,80,81,82)(H,83,84,85)(H,86,87,88). The number of phenolic OH excluding ortho intramolecular Hbond substituents is 8. The van der Waals surface area contributed by atoms with Gasteiger partial charge in [0.05, 0.1) is 22.3 Å². The highest BCUT2D eigenvalue weighted by Crippen LogP contribution is 2.56. The fraction of sp³-hybridized carbons (Fsp3) is 0.647. The monoisotopic (exact) mass is 1370 g/mol. The molecule has 0 aromatic heterocycles. The summed E-state index contributed by atoms with van der Waals surface area (Å²) in [6.07, 6.45) is 20.7. The van der Waals surface area contributed by atoms with Crippen molar-refractivity contribution in [1.82, 2.24) is 0 Å². The largest absolute Gasteiger partial charge is 0.507 e. The van der Waals surface area contributed by atoms with E-state index in [2.05, 4.69) is 27.7 Å². The molecule has 1 aliphatic carbocycles. The third-order valence-electron chi connectivity index (χ3n) is 18.4. The number of phenols is 8. The molecule has 92 heavy (non-hydrogen) atoms. The lowest BCUT2D eigenvalue weighted by Gasteiger charge is -2.31. The topological polar surface area (TPSA) is 379 Å². The molecule has 8 bridgehead atoms. The lowest BCUT2D eigenvalue weighted by molar-refractivity contribution is 0.405. The van der Waals surface area contributed by atoms with Crippen LogP contribution in [-0.2, 0) is 63.5 Å². The van der Waals surface area contributed by atoms with Gasteiger partial charge in [0, 0.05) is 68.2 Å². The number of rotatable bonds is 40. The van der Waals surface area contributed by atoms with Gasteiger partial charge in [-0.15, -0.1) is 0 Å². The molecule has 520 valence electrons. The second kappa shape index (κ2) is 36.1. The van der Waals surface area contributed by atoms with Gasteiger partial charge in [-0.05, 0) is 49.9 Å². The average molecular weight is 1370 g/mol. The van der Waals surface area contributed by atoms with E-state index < -0.39 is 155 Å². The zero-order chi connectivity index (χ0) is 68.1. The number of hydrogen-bond donors (Lipinski definition) is 12. The summed E-state index contributed by atoms with van der Waals surface area (Å²) < 4.78 is 148. The van der Waals surface area contributed by atoms with Crippen LogP contribution < -0.4 is 0 Å². The maximum atomic E-state index is 13.2. The molecule has 0 heterocycles. The molecule has 0 spiro atoms. The summed E-state index contributed by atoms with van der Waals surface area (Å²) in [5.41, 5.74) is -4.70. The third kappa shape index (κ3) is 22.5. The number of hydrogen-bond acceptors (Lipinski definition) is 16. The minimum absolute atomic E-state index is 0.0503. The number of aromatic hydroxyl groups is 8. The Morgan fingerprint density at radius 2 is 0.370 bits per heavy atom. The van der Waals surface area contributed by atoms with Crippen LogP contribution in [0.2, 0.25) is 0 Å². The van der Waals surface area contributed by atoms with Gasteiger partial charge in [-0.3, -0.25) is 18.2 Å². The molecule has 12 N–H and O–H groups in total. The first-order valence-corrected chi connectivity index (χ1v) is 39.9. The predicted molar refractivity (Wildman–Crippen MR) is 358 cm³/mol. The highest BCUT2D eigenvalue weighted by molar-refractivity contribution is 7.85. The zero-order valence-electron chi connectivity index (χ0n) is 54.3. The Balaban J connectivity index is 2.16. The average Bonchev–Trinajstić information content (AvgIpc) is 0.759. The number of fused-ring (bicyclic) bond motifs is 8. The normalized spacial score (nSPS) is 16.3. The van der Waals surface area contributed by atoms with Gasteiger partial charge < -0.3 is 40.9 Å². The number of benzene rings is 4. The van der Waals surface area contributed by atoms with E-state index in [1.54, 1.807) is 0 Å². The smallest absolute Gasteiger partial charge is 0.269 e. The van der Waals surface area contributed by atoms with Crippen molar-refractivity contribution in [2.45, 2.75) is 280 Å². The first-order valence-electron chi connectivity index (χ1n) is 33.5. The van der Waals surface area contributed by atoms with Gasteiger partial charge in [-0.25, -0.2) is 0 Å². The summed E-state index contributed by atoms with van der Waals surface area (Å²) in [7, 11) is -20.7. The summed E-state index contributed by atoms with van der Waals surface area (Å²) in [6.45, 7) is 8.25. The van der Waals surface area contributed by atoms with Crippen molar-refractivity contribution in [3.05, 3.63) is 91.0 Å². The summed E-state index contributed by atoms with van der Waals surface area (Å²) in [5, 5.41) is 102. The van der Waals surface area contributed by atoms with Crippen molar-refractivity contribution in [2.75, 3.05) is 0 Å². The van der Waals surface area contributed by atoms with Gasteiger partial charge in [0.2, 0.25) is 0 Å². The van der Waals surface area contributed by atoms with E-state index in [0.717, 1.165) is 103 Å². The molecule has 20 nitrogen and oxygen atoms in total. The molecule has 0 fully saturated rings. The maximum absolute atomic E-state index is 13.2. The SMILES string of the molecule is CCCCCCCCCC1c2cc(c(O)c(CS(=O)(=O)O)c2O)C(CCCCCCCCC)c2cc(c(O)c(CS(=O)(=O)O)c2O)C(CCCCCCCCC)c2cc(c(O)c(CS(=O)(=O)O)c2O)C(CCCCCCCCC)c2cc1c(O)c(CS(=O)(=O)O)c2O. The first-order chi connectivity index (χ1) is 43.4. The van der Waals surface area contributed by atoms with Crippen molar-refractivity contribution in [2.24, 2.45) is 0 Å². The van der Waals surface area contributed by atoms with Crippen LogP contribution in [0.15, 0.2) is 24.3 Å². The van der Waals surface area contributed by atoms with Crippen LogP contribution in [-0.4, -0.2) is 92.7 Å². The van der Waals surface area contributed by atoms with E-state index >= 15 is 0 Å². The van der Waals surface area contributed by atoms with Crippen LogP contribution in [0, 0.1) is 0 Å². The van der Waals surface area contributed by atoms with E-state index in [1.807, 2.05) is 0 Å². The van der Waals surface area contributed by atoms with Crippen molar-refractivity contribution in [3.8, 4) is 46.0 Å². The lowest BCUT2D eigenvalue weighted by Crippen LogP contribution is -2.16. The molecule has 0 saturated carbocycles. The molecule has 1 aliphatic rings. The molecule has 0 atom stereocenters. The van der Waals surface area contributed by atoms with Gasteiger partial charge in [-0.1, -0.05) is 207 Å². The molecule has 5 rings (SSSR count). The molecular formula is C68H104O20S4. The zero-order valence-corrected chi connectivity index (χ0v) is 57.6.